The zero-order valence-electron chi connectivity index (χ0n) is 12.6. The zero-order valence-corrected chi connectivity index (χ0v) is 13.5. The average molecular weight is 336 g/mol. The Morgan fingerprint density at radius 2 is 2.00 bits per heavy atom. The monoisotopic (exact) mass is 336 g/mol. The van der Waals surface area contributed by atoms with E-state index in [2.05, 4.69) is 10.9 Å². The van der Waals surface area contributed by atoms with Crippen LogP contribution in [0.4, 0.5) is 4.39 Å². The highest BCUT2D eigenvalue weighted by molar-refractivity contribution is 7.99. The van der Waals surface area contributed by atoms with Crippen LogP contribution in [-0.4, -0.2) is 21.2 Å². The van der Waals surface area contributed by atoms with Gasteiger partial charge in [0.15, 0.2) is 5.16 Å². The molecule has 0 aliphatic heterocycles. The lowest BCUT2D eigenvalue weighted by Crippen LogP contribution is -2.08. The van der Waals surface area contributed by atoms with Gasteiger partial charge in [-0.25, -0.2) is 9.37 Å². The molecular weight excluding hydrogens is 323 g/mol. The molecule has 0 aliphatic rings. The van der Waals surface area contributed by atoms with E-state index in [1.54, 1.807) is 18.2 Å². The van der Waals surface area contributed by atoms with E-state index < -0.39 is 0 Å². The fourth-order valence-electron chi connectivity index (χ4n) is 2.24. The molecule has 3 aromatic rings. The molecule has 0 radical (unpaired) electrons. The number of rotatable bonds is 4. The summed E-state index contributed by atoms with van der Waals surface area (Å²) in [6.45, 7) is 0. The minimum Gasteiger partial charge on any atom is -0.269 e. The van der Waals surface area contributed by atoms with Gasteiger partial charge in [-0.15, -0.1) is 6.42 Å². The van der Waals surface area contributed by atoms with E-state index in [9.17, 15) is 9.18 Å². The third kappa shape index (κ3) is 3.39. The van der Waals surface area contributed by atoms with Crippen LogP contribution in [0.25, 0.3) is 17.1 Å². The highest BCUT2D eigenvalue weighted by Gasteiger charge is 2.14. The first-order chi connectivity index (χ1) is 11.7. The molecule has 0 atom stereocenters. The van der Waals surface area contributed by atoms with Crippen LogP contribution in [0, 0.1) is 18.2 Å². The third-order valence-electron chi connectivity index (χ3n) is 3.32. The van der Waals surface area contributed by atoms with E-state index >= 15 is 0 Å². The van der Waals surface area contributed by atoms with Crippen LogP contribution in [-0.2, 0) is 0 Å². The lowest BCUT2D eigenvalue weighted by Gasteiger charge is -2.03. The van der Waals surface area contributed by atoms with Gasteiger partial charge in [-0.1, -0.05) is 41.9 Å². The maximum absolute atomic E-state index is 12.9. The van der Waals surface area contributed by atoms with Crippen LogP contribution in [0.15, 0.2) is 59.8 Å². The fraction of sp³-hybridized carbons (Fsp3) is 0.0526. The summed E-state index contributed by atoms with van der Waals surface area (Å²) in [5.41, 5.74) is 2.21. The predicted molar refractivity (Wildman–Crippen MR) is 95.4 cm³/mol. The predicted octanol–water partition coefficient (Wildman–Crippen LogP) is 4.25. The Balaban J connectivity index is 1.96. The van der Waals surface area contributed by atoms with E-state index in [-0.39, 0.29) is 11.7 Å². The summed E-state index contributed by atoms with van der Waals surface area (Å²) in [6, 6.07) is 13.3. The SMILES string of the molecule is C#CCSc1nc2ccccc2n1C(=O)C=Cc1ccc(F)cc1. The minimum atomic E-state index is -0.313. The zero-order chi connectivity index (χ0) is 16.9. The second kappa shape index (κ2) is 7.16. The standard InChI is InChI=1S/C19H13FN2OS/c1-2-13-24-19-21-16-5-3-4-6-17(16)22(19)18(23)12-9-14-7-10-15(20)11-8-14/h1,3-12H,13H2. The third-order valence-corrected chi connectivity index (χ3v) is 4.17. The fourth-order valence-corrected chi connectivity index (χ4v) is 2.93. The average Bonchev–Trinajstić information content (AvgIpc) is 2.97. The van der Waals surface area contributed by atoms with Gasteiger partial charge in [0, 0.05) is 6.08 Å². The van der Waals surface area contributed by atoms with Gasteiger partial charge in [-0.05, 0) is 35.9 Å². The van der Waals surface area contributed by atoms with Gasteiger partial charge in [0.2, 0.25) is 0 Å². The molecule has 0 spiro atoms. The molecule has 3 nitrogen and oxygen atoms in total. The Labute approximate surface area is 143 Å². The van der Waals surface area contributed by atoms with Crippen LogP contribution < -0.4 is 0 Å². The van der Waals surface area contributed by atoms with Crippen molar-refractivity contribution in [2.24, 2.45) is 0 Å². The van der Waals surface area contributed by atoms with Crippen molar-refractivity contribution in [1.29, 1.82) is 0 Å². The van der Waals surface area contributed by atoms with Crippen LogP contribution >= 0.6 is 11.8 Å². The maximum atomic E-state index is 12.9. The van der Waals surface area contributed by atoms with Gasteiger partial charge in [0.1, 0.15) is 5.82 Å². The van der Waals surface area contributed by atoms with Crippen molar-refractivity contribution in [2.45, 2.75) is 5.16 Å². The lowest BCUT2D eigenvalue weighted by atomic mass is 10.2. The van der Waals surface area contributed by atoms with E-state index in [1.165, 1.54) is 34.5 Å². The van der Waals surface area contributed by atoms with Crippen molar-refractivity contribution in [3.05, 3.63) is 66.0 Å². The molecule has 24 heavy (non-hydrogen) atoms. The van der Waals surface area contributed by atoms with Crippen LogP contribution in [0.3, 0.4) is 0 Å². The number of para-hydroxylation sites is 2. The van der Waals surface area contributed by atoms with Crippen molar-refractivity contribution in [1.82, 2.24) is 9.55 Å². The molecule has 0 fully saturated rings. The van der Waals surface area contributed by atoms with E-state index in [4.69, 9.17) is 6.42 Å². The number of hydrogen-bond acceptors (Lipinski definition) is 3. The molecule has 0 unspecified atom stereocenters. The molecule has 3 rings (SSSR count). The van der Waals surface area contributed by atoms with Gasteiger partial charge in [-0.3, -0.25) is 9.36 Å². The number of thioether (sulfide) groups is 1. The molecule has 0 amide bonds. The van der Waals surface area contributed by atoms with Gasteiger partial charge in [-0.2, -0.15) is 0 Å². The number of carbonyl (C=O) groups excluding carboxylic acids is 1. The van der Waals surface area contributed by atoms with Crippen molar-refractivity contribution in [3.8, 4) is 12.3 Å². The summed E-state index contributed by atoms with van der Waals surface area (Å²) in [7, 11) is 0. The highest BCUT2D eigenvalue weighted by atomic mass is 32.2. The number of halogens is 1. The first kappa shape index (κ1) is 16.0. The summed E-state index contributed by atoms with van der Waals surface area (Å²) >= 11 is 1.34. The molecule has 0 N–H and O–H groups in total. The number of benzene rings is 2. The number of imidazole rings is 1. The number of hydrogen-bond donors (Lipinski definition) is 0. The number of nitrogens with zero attached hydrogens (tertiary/aromatic N) is 2. The van der Waals surface area contributed by atoms with E-state index in [1.807, 2.05) is 24.3 Å². The Bertz CT molecular complexity index is 952. The smallest absolute Gasteiger partial charge is 0.257 e. The van der Waals surface area contributed by atoms with Crippen LogP contribution in [0.2, 0.25) is 0 Å². The van der Waals surface area contributed by atoms with Crippen molar-refractivity contribution >= 4 is 34.8 Å². The molecule has 0 bridgehead atoms. The van der Waals surface area contributed by atoms with E-state index in [0.29, 0.717) is 10.9 Å². The number of aromatic nitrogens is 2. The number of terminal acetylenes is 1. The van der Waals surface area contributed by atoms with Crippen LogP contribution in [0.1, 0.15) is 10.4 Å². The largest absolute Gasteiger partial charge is 0.269 e. The molecule has 0 aliphatic carbocycles. The van der Waals surface area contributed by atoms with Crippen LogP contribution in [0.5, 0.6) is 0 Å². The summed E-state index contributed by atoms with van der Waals surface area (Å²) < 4.78 is 14.5. The number of allylic oxidation sites excluding steroid dienone is 1. The first-order valence-electron chi connectivity index (χ1n) is 7.21. The summed E-state index contributed by atoms with van der Waals surface area (Å²) in [5.74, 6) is 2.42. The molecule has 1 aromatic heterocycles. The van der Waals surface area contributed by atoms with Gasteiger partial charge < -0.3 is 0 Å². The normalized spacial score (nSPS) is 11.0. The Hall–Kier alpha value is -2.84. The number of carbonyl (C=O) groups is 1. The molecule has 1 heterocycles. The molecule has 0 saturated carbocycles. The first-order valence-corrected chi connectivity index (χ1v) is 8.19. The van der Waals surface area contributed by atoms with Crippen molar-refractivity contribution < 1.29 is 9.18 Å². The molecule has 2 aromatic carbocycles. The van der Waals surface area contributed by atoms with Crippen molar-refractivity contribution in [3.63, 3.8) is 0 Å². The molecule has 5 heteroatoms. The van der Waals surface area contributed by atoms with Crippen molar-refractivity contribution in [2.75, 3.05) is 5.75 Å². The quantitative estimate of drug-likeness (QED) is 0.406. The summed E-state index contributed by atoms with van der Waals surface area (Å²) in [6.07, 6.45) is 8.40. The topological polar surface area (TPSA) is 34.9 Å². The lowest BCUT2D eigenvalue weighted by molar-refractivity contribution is 0.0965. The molecule has 0 saturated heterocycles. The second-order valence-electron chi connectivity index (χ2n) is 4.93. The van der Waals surface area contributed by atoms with Gasteiger partial charge in [0.05, 0.1) is 16.8 Å². The highest BCUT2D eigenvalue weighted by Crippen LogP contribution is 2.24. The van der Waals surface area contributed by atoms with Gasteiger partial charge in [0.25, 0.3) is 5.91 Å². The summed E-state index contributed by atoms with van der Waals surface area (Å²) in [4.78, 5) is 17.1. The second-order valence-corrected chi connectivity index (χ2v) is 5.88. The minimum absolute atomic E-state index is 0.229. The Morgan fingerprint density at radius 1 is 1.25 bits per heavy atom. The Kier molecular flexibility index (Phi) is 4.78. The molecule has 118 valence electrons. The number of fused-ring (bicyclic) bond motifs is 1. The molecular formula is C19H13FN2OS. The maximum Gasteiger partial charge on any atom is 0.257 e. The summed E-state index contributed by atoms with van der Waals surface area (Å²) in [5, 5.41) is 0.558. The van der Waals surface area contributed by atoms with E-state index in [0.717, 1.165) is 16.6 Å². The van der Waals surface area contributed by atoms with Gasteiger partial charge >= 0.3 is 0 Å². The Morgan fingerprint density at radius 3 is 2.75 bits per heavy atom.